The van der Waals surface area contributed by atoms with Crippen molar-refractivity contribution in [3.8, 4) is 6.07 Å². The first-order chi connectivity index (χ1) is 8.24. The van der Waals surface area contributed by atoms with Crippen LogP contribution in [0.2, 0.25) is 0 Å². The average molecular weight is 236 g/mol. The van der Waals surface area contributed by atoms with Crippen LogP contribution in [-0.2, 0) is 0 Å². The molecule has 0 saturated carbocycles. The largest absolute Gasteiger partial charge is 0.305 e. The summed E-state index contributed by atoms with van der Waals surface area (Å²) in [7, 11) is 1.87. The molecule has 0 aromatic heterocycles. The molecule has 96 valence electrons. The summed E-state index contributed by atoms with van der Waals surface area (Å²) in [5.41, 5.74) is 0. The van der Waals surface area contributed by atoms with E-state index in [1.54, 1.807) is 0 Å². The zero-order chi connectivity index (χ0) is 12.3. The van der Waals surface area contributed by atoms with Gasteiger partial charge >= 0.3 is 0 Å². The Balaban J connectivity index is 1.82. The van der Waals surface area contributed by atoms with E-state index in [-0.39, 0.29) is 6.04 Å². The normalized spacial score (nSPS) is 32.1. The lowest BCUT2D eigenvalue weighted by Crippen LogP contribution is -2.55. The third-order valence-corrected chi connectivity index (χ3v) is 4.28. The van der Waals surface area contributed by atoms with E-state index in [9.17, 15) is 0 Å². The second kappa shape index (κ2) is 5.81. The maximum absolute atomic E-state index is 8.93. The number of hydrogen-bond donors (Lipinski definition) is 1. The van der Waals surface area contributed by atoms with Gasteiger partial charge in [-0.3, -0.25) is 9.80 Å². The van der Waals surface area contributed by atoms with Crippen LogP contribution in [-0.4, -0.2) is 61.2 Å². The summed E-state index contributed by atoms with van der Waals surface area (Å²) in [4.78, 5) is 5.20. The minimum Gasteiger partial charge on any atom is -0.305 e. The maximum atomic E-state index is 8.93. The van der Waals surface area contributed by atoms with Crippen molar-refractivity contribution in [3.05, 3.63) is 0 Å². The number of nitrogens with zero attached hydrogens (tertiary/aromatic N) is 3. The molecule has 2 fully saturated rings. The number of nitrogens with one attached hydrogen (secondary N) is 1. The van der Waals surface area contributed by atoms with Crippen LogP contribution in [0.1, 0.15) is 26.2 Å². The molecule has 17 heavy (non-hydrogen) atoms. The van der Waals surface area contributed by atoms with Gasteiger partial charge in [-0.05, 0) is 39.8 Å². The number of nitriles is 1. The Labute approximate surface area is 105 Å². The van der Waals surface area contributed by atoms with Crippen molar-refractivity contribution in [2.75, 3.05) is 33.2 Å². The number of rotatable bonds is 4. The van der Waals surface area contributed by atoms with Gasteiger partial charge < -0.3 is 5.32 Å². The van der Waals surface area contributed by atoms with Crippen LogP contribution in [0.3, 0.4) is 0 Å². The van der Waals surface area contributed by atoms with Gasteiger partial charge in [0.05, 0.1) is 12.1 Å². The van der Waals surface area contributed by atoms with Crippen molar-refractivity contribution in [1.82, 2.24) is 15.1 Å². The van der Waals surface area contributed by atoms with E-state index < -0.39 is 0 Å². The van der Waals surface area contributed by atoms with Gasteiger partial charge in [0.1, 0.15) is 0 Å². The first-order valence-corrected chi connectivity index (χ1v) is 6.79. The molecule has 4 heteroatoms. The van der Waals surface area contributed by atoms with Crippen molar-refractivity contribution in [2.45, 2.75) is 44.3 Å². The van der Waals surface area contributed by atoms with Crippen LogP contribution in [0.25, 0.3) is 0 Å². The molecule has 2 heterocycles. The third-order valence-electron chi connectivity index (χ3n) is 4.28. The fourth-order valence-electron chi connectivity index (χ4n) is 3.13. The highest BCUT2D eigenvalue weighted by Crippen LogP contribution is 2.24. The van der Waals surface area contributed by atoms with E-state index in [1.807, 2.05) is 7.05 Å². The van der Waals surface area contributed by atoms with Gasteiger partial charge in [0.2, 0.25) is 0 Å². The first-order valence-electron chi connectivity index (χ1n) is 6.79. The lowest BCUT2D eigenvalue weighted by atomic mass is 10.1. The molecule has 2 rings (SSSR count). The van der Waals surface area contributed by atoms with Crippen LogP contribution in [0, 0.1) is 11.3 Å². The second-order valence-corrected chi connectivity index (χ2v) is 5.39. The van der Waals surface area contributed by atoms with Crippen molar-refractivity contribution in [3.63, 3.8) is 0 Å². The van der Waals surface area contributed by atoms with Gasteiger partial charge in [-0.15, -0.1) is 0 Å². The Morgan fingerprint density at radius 3 is 3.00 bits per heavy atom. The van der Waals surface area contributed by atoms with Gasteiger partial charge in [0.15, 0.2) is 0 Å². The summed E-state index contributed by atoms with van der Waals surface area (Å²) in [6.07, 6.45) is 3.66. The highest BCUT2D eigenvalue weighted by atomic mass is 15.3. The molecule has 3 unspecified atom stereocenters. The molecule has 1 N–H and O–H groups in total. The SMILES string of the molecule is CNC(C#N)CCN1CC2CCCN2CC1C. The molecule has 0 aromatic carbocycles. The minimum atomic E-state index is 0.00353. The second-order valence-electron chi connectivity index (χ2n) is 5.39. The van der Waals surface area contributed by atoms with Crippen molar-refractivity contribution >= 4 is 0 Å². The van der Waals surface area contributed by atoms with Gasteiger partial charge in [0, 0.05) is 31.7 Å². The fourth-order valence-corrected chi connectivity index (χ4v) is 3.13. The Morgan fingerprint density at radius 2 is 2.29 bits per heavy atom. The molecule has 2 saturated heterocycles. The molecule has 3 atom stereocenters. The minimum absolute atomic E-state index is 0.00353. The molecule has 4 nitrogen and oxygen atoms in total. The van der Waals surface area contributed by atoms with Crippen molar-refractivity contribution in [1.29, 1.82) is 5.26 Å². The Bertz CT molecular complexity index is 286. The Morgan fingerprint density at radius 1 is 1.47 bits per heavy atom. The lowest BCUT2D eigenvalue weighted by molar-refractivity contribution is 0.0579. The van der Waals surface area contributed by atoms with Crippen molar-refractivity contribution < 1.29 is 0 Å². The van der Waals surface area contributed by atoms with E-state index in [1.165, 1.54) is 32.5 Å². The monoisotopic (exact) mass is 236 g/mol. The molecule has 2 aliphatic heterocycles. The van der Waals surface area contributed by atoms with Crippen LogP contribution in [0.15, 0.2) is 0 Å². The van der Waals surface area contributed by atoms with E-state index in [4.69, 9.17) is 5.26 Å². The standard InChI is InChI=1S/C13H24N4/c1-11-9-17-6-3-4-13(17)10-16(11)7-5-12(8-14)15-2/h11-13,15H,3-7,9-10H2,1-2H3. The summed E-state index contributed by atoms with van der Waals surface area (Å²) in [5.74, 6) is 0. The summed E-state index contributed by atoms with van der Waals surface area (Å²) >= 11 is 0. The smallest absolute Gasteiger partial charge is 0.0962 e. The molecule has 2 aliphatic rings. The van der Waals surface area contributed by atoms with Crippen LogP contribution in [0.4, 0.5) is 0 Å². The summed E-state index contributed by atoms with van der Waals surface area (Å²) in [5, 5.41) is 12.0. The van der Waals surface area contributed by atoms with Gasteiger partial charge in [-0.2, -0.15) is 5.26 Å². The number of piperazine rings is 1. The molecule has 0 radical (unpaired) electrons. The third kappa shape index (κ3) is 2.98. The molecule has 0 aromatic rings. The maximum Gasteiger partial charge on any atom is 0.0962 e. The molecular weight excluding hydrogens is 212 g/mol. The van der Waals surface area contributed by atoms with Crippen LogP contribution < -0.4 is 5.32 Å². The quantitative estimate of drug-likeness (QED) is 0.778. The van der Waals surface area contributed by atoms with E-state index in [0.717, 1.165) is 19.0 Å². The van der Waals surface area contributed by atoms with Crippen molar-refractivity contribution in [2.24, 2.45) is 0 Å². The van der Waals surface area contributed by atoms with E-state index in [2.05, 4.69) is 28.1 Å². The highest BCUT2D eigenvalue weighted by Gasteiger charge is 2.34. The van der Waals surface area contributed by atoms with E-state index >= 15 is 0 Å². The topological polar surface area (TPSA) is 42.3 Å². The molecule has 0 aliphatic carbocycles. The lowest BCUT2D eigenvalue weighted by Gasteiger charge is -2.42. The zero-order valence-electron chi connectivity index (χ0n) is 11.0. The van der Waals surface area contributed by atoms with Gasteiger partial charge in [0.25, 0.3) is 0 Å². The summed E-state index contributed by atoms with van der Waals surface area (Å²) < 4.78 is 0. The Kier molecular flexibility index (Phi) is 4.38. The van der Waals surface area contributed by atoms with Crippen LogP contribution >= 0.6 is 0 Å². The predicted molar refractivity (Wildman–Crippen MR) is 68.7 cm³/mol. The van der Waals surface area contributed by atoms with E-state index in [0.29, 0.717) is 6.04 Å². The average Bonchev–Trinajstić information content (AvgIpc) is 2.77. The highest BCUT2D eigenvalue weighted by molar-refractivity contribution is 4.93. The molecule has 0 spiro atoms. The summed E-state index contributed by atoms with van der Waals surface area (Å²) in [6, 6.07) is 3.73. The van der Waals surface area contributed by atoms with Crippen LogP contribution in [0.5, 0.6) is 0 Å². The zero-order valence-corrected chi connectivity index (χ0v) is 11.0. The first kappa shape index (κ1) is 12.8. The molecule has 0 bridgehead atoms. The van der Waals surface area contributed by atoms with Gasteiger partial charge in [-0.25, -0.2) is 0 Å². The molecule has 0 amide bonds. The molecular formula is C13H24N4. The number of hydrogen-bond acceptors (Lipinski definition) is 4. The fraction of sp³-hybridized carbons (Fsp3) is 0.923. The number of fused-ring (bicyclic) bond motifs is 1. The summed E-state index contributed by atoms with van der Waals surface area (Å²) in [6.45, 7) is 7.06. The predicted octanol–water partition coefficient (Wildman–Crippen LogP) is 0.657. The Hall–Kier alpha value is -0.630. The van der Waals surface area contributed by atoms with Gasteiger partial charge in [-0.1, -0.05) is 0 Å².